The molecule has 0 aliphatic carbocycles. The van der Waals surface area contributed by atoms with Crippen molar-refractivity contribution >= 4 is 61.3 Å². The maximum absolute atomic E-state index is 11.8. The summed E-state index contributed by atoms with van der Waals surface area (Å²) in [6, 6.07) is 2.70. The molecule has 8 heteroatoms. The van der Waals surface area contributed by atoms with Gasteiger partial charge in [-0.1, -0.05) is 22.9 Å². The first-order valence-corrected chi connectivity index (χ1v) is 9.02. The molecule has 0 fully saturated rings. The molecule has 116 valence electrons. The van der Waals surface area contributed by atoms with E-state index in [0.717, 1.165) is 6.42 Å². The number of carboxylic acid groups (broad SMARTS) is 1. The molecule has 0 radical (unpaired) electrons. The van der Waals surface area contributed by atoms with Crippen LogP contribution in [0.2, 0.25) is 0 Å². The van der Waals surface area contributed by atoms with E-state index in [1.165, 1.54) is 6.07 Å². The average Bonchev–Trinajstić information content (AvgIpc) is 2.41. The van der Waals surface area contributed by atoms with Crippen molar-refractivity contribution in [3.63, 3.8) is 0 Å². The van der Waals surface area contributed by atoms with Gasteiger partial charge in [-0.2, -0.15) is 11.8 Å². The number of carbonyl (C=O) groups is 2. The van der Waals surface area contributed by atoms with Crippen molar-refractivity contribution in [2.45, 2.75) is 18.6 Å². The Hall–Kier alpha value is -0.730. The first kappa shape index (κ1) is 18.3. The number of hydrogen-bond acceptors (Lipinski definition) is 3. The van der Waals surface area contributed by atoms with Crippen molar-refractivity contribution in [1.82, 2.24) is 5.32 Å². The predicted octanol–water partition coefficient (Wildman–Crippen LogP) is 4.17. The summed E-state index contributed by atoms with van der Waals surface area (Å²) in [6.07, 6.45) is 2.87. The van der Waals surface area contributed by atoms with Crippen LogP contribution in [0.25, 0.3) is 0 Å². The highest BCUT2D eigenvalue weighted by molar-refractivity contribution is 9.11. The number of amides is 2. The van der Waals surface area contributed by atoms with Crippen LogP contribution in [0.1, 0.15) is 23.7 Å². The highest BCUT2D eigenvalue weighted by Crippen LogP contribution is 2.30. The minimum Gasteiger partial charge on any atom is -0.478 e. The molecule has 5 nitrogen and oxygen atoms in total. The van der Waals surface area contributed by atoms with Crippen LogP contribution >= 0.6 is 43.6 Å². The van der Waals surface area contributed by atoms with Gasteiger partial charge in [-0.3, -0.25) is 0 Å². The van der Waals surface area contributed by atoms with Gasteiger partial charge in [0.05, 0.1) is 11.3 Å². The molecule has 2 amide bonds. The molecular formula is C13H16Br2N2O3S. The molecule has 1 atom stereocenters. The van der Waals surface area contributed by atoms with Gasteiger partial charge in [0.25, 0.3) is 0 Å². The van der Waals surface area contributed by atoms with Gasteiger partial charge in [0.1, 0.15) is 0 Å². The van der Waals surface area contributed by atoms with Crippen molar-refractivity contribution in [3.05, 3.63) is 26.6 Å². The van der Waals surface area contributed by atoms with Gasteiger partial charge < -0.3 is 15.7 Å². The number of carbonyl (C=O) groups excluding carboxylic acids is 1. The highest BCUT2D eigenvalue weighted by Gasteiger charge is 2.16. The fourth-order valence-electron chi connectivity index (χ4n) is 1.53. The van der Waals surface area contributed by atoms with Crippen molar-refractivity contribution in [3.8, 4) is 0 Å². The highest BCUT2D eigenvalue weighted by atomic mass is 79.9. The summed E-state index contributed by atoms with van der Waals surface area (Å²) < 4.78 is 1.12. The number of hydrogen-bond donors (Lipinski definition) is 3. The molecule has 0 bridgehead atoms. The van der Waals surface area contributed by atoms with Crippen LogP contribution < -0.4 is 10.6 Å². The summed E-state index contributed by atoms with van der Waals surface area (Å²) in [7, 11) is 0. The van der Waals surface area contributed by atoms with Crippen LogP contribution in [-0.2, 0) is 0 Å². The Morgan fingerprint density at radius 3 is 2.62 bits per heavy atom. The van der Waals surface area contributed by atoms with Crippen molar-refractivity contribution in [1.29, 1.82) is 0 Å². The van der Waals surface area contributed by atoms with E-state index in [1.807, 2.05) is 6.26 Å². The number of aromatic carboxylic acids is 1. The lowest BCUT2D eigenvalue weighted by atomic mass is 10.2. The number of halogens is 2. The Bertz CT molecular complexity index is 540. The topological polar surface area (TPSA) is 78.4 Å². The number of urea groups is 1. The summed E-state index contributed by atoms with van der Waals surface area (Å²) in [5.74, 6) is -1.11. The van der Waals surface area contributed by atoms with Gasteiger partial charge in [-0.05, 0) is 40.7 Å². The van der Waals surface area contributed by atoms with Gasteiger partial charge in [-0.15, -0.1) is 0 Å². The molecule has 3 N–H and O–H groups in total. The third-order valence-corrected chi connectivity index (χ3v) is 4.89. The molecule has 0 saturated carbocycles. The van der Waals surface area contributed by atoms with Crippen molar-refractivity contribution in [2.24, 2.45) is 0 Å². The van der Waals surface area contributed by atoms with Crippen molar-refractivity contribution in [2.75, 3.05) is 18.1 Å². The third-order valence-electron chi connectivity index (χ3n) is 2.76. The van der Waals surface area contributed by atoms with Gasteiger partial charge in [0, 0.05) is 20.7 Å². The predicted molar refractivity (Wildman–Crippen MR) is 93.4 cm³/mol. The summed E-state index contributed by atoms with van der Waals surface area (Å²) in [5.41, 5.74) is 0.255. The fourth-order valence-corrected chi connectivity index (χ4v) is 3.21. The first-order valence-electron chi connectivity index (χ1n) is 6.15. The van der Waals surface area contributed by atoms with E-state index in [9.17, 15) is 14.7 Å². The van der Waals surface area contributed by atoms with E-state index in [4.69, 9.17) is 0 Å². The largest absolute Gasteiger partial charge is 0.478 e. The second-order valence-corrected chi connectivity index (χ2v) is 7.38. The van der Waals surface area contributed by atoms with Crippen molar-refractivity contribution < 1.29 is 14.7 Å². The molecule has 1 rings (SSSR count). The summed E-state index contributed by atoms with van der Waals surface area (Å²) in [4.78, 5) is 23.1. The number of nitrogens with one attached hydrogen (secondary N) is 2. The summed E-state index contributed by atoms with van der Waals surface area (Å²) in [5, 5.41) is 14.9. The van der Waals surface area contributed by atoms with Crippen LogP contribution in [0.4, 0.5) is 10.5 Å². The quantitative estimate of drug-likeness (QED) is 0.621. The molecule has 0 saturated heterocycles. The Balaban J connectivity index is 2.74. The molecule has 0 aliphatic rings. The molecule has 0 spiro atoms. The first-order chi connectivity index (χ1) is 9.85. The molecular weight excluding hydrogens is 424 g/mol. The molecule has 0 heterocycles. The lowest BCUT2D eigenvalue weighted by molar-refractivity contribution is 0.0698. The third kappa shape index (κ3) is 5.88. The number of anilines is 1. The SMILES string of the molecule is CSC(C)CCNC(=O)Nc1c(Br)cc(Br)cc1C(=O)O. The van der Waals surface area contributed by atoms with Crippen LogP contribution in [0.3, 0.4) is 0 Å². The van der Waals surface area contributed by atoms with E-state index in [2.05, 4.69) is 49.4 Å². The van der Waals surface area contributed by atoms with E-state index < -0.39 is 12.0 Å². The molecule has 1 aromatic rings. The molecule has 0 aliphatic heterocycles. The zero-order valence-electron chi connectivity index (χ0n) is 11.6. The molecule has 21 heavy (non-hydrogen) atoms. The number of carboxylic acids is 1. The standard InChI is InChI=1S/C13H16Br2N2O3S/c1-7(21-2)3-4-16-13(20)17-11-9(12(18)19)5-8(14)6-10(11)15/h5-7H,3-4H2,1-2H3,(H,18,19)(H2,16,17,20). The number of rotatable bonds is 6. The van der Waals surface area contributed by atoms with Crippen LogP contribution in [0.5, 0.6) is 0 Å². The maximum atomic E-state index is 11.8. The minimum absolute atomic E-state index is 0.0175. The summed E-state index contributed by atoms with van der Waals surface area (Å²) in [6.45, 7) is 2.61. The van der Waals surface area contributed by atoms with Gasteiger partial charge in [0.15, 0.2) is 0 Å². The second kappa shape index (κ2) is 8.65. The van der Waals surface area contributed by atoms with Crippen LogP contribution in [0, 0.1) is 0 Å². The van der Waals surface area contributed by atoms with E-state index >= 15 is 0 Å². The normalized spacial score (nSPS) is 11.8. The Kier molecular flexibility index (Phi) is 7.55. The van der Waals surface area contributed by atoms with Gasteiger partial charge in [-0.25, -0.2) is 9.59 Å². The van der Waals surface area contributed by atoms with Crippen LogP contribution in [0.15, 0.2) is 21.1 Å². The van der Waals surface area contributed by atoms with Gasteiger partial charge >= 0.3 is 12.0 Å². The van der Waals surface area contributed by atoms with E-state index in [-0.39, 0.29) is 11.3 Å². The number of benzene rings is 1. The Labute approximate surface area is 144 Å². The van der Waals surface area contributed by atoms with E-state index in [0.29, 0.717) is 20.7 Å². The minimum atomic E-state index is -1.11. The fraction of sp³-hybridized carbons (Fsp3) is 0.385. The van der Waals surface area contributed by atoms with E-state index in [1.54, 1.807) is 17.8 Å². The lowest BCUT2D eigenvalue weighted by Gasteiger charge is -2.13. The smallest absolute Gasteiger partial charge is 0.337 e. The zero-order chi connectivity index (χ0) is 16.0. The second-order valence-electron chi connectivity index (χ2n) is 4.33. The zero-order valence-corrected chi connectivity index (χ0v) is 15.6. The number of thioether (sulfide) groups is 1. The summed E-state index contributed by atoms with van der Waals surface area (Å²) >= 11 is 8.21. The molecule has 1 aromatic carbocycles. The Morgan fingerprint density at radius 1 is 1.38 bits per heavy atom. The lowest BCUT2D eigenvalue weighted by Crippen LogP contribution is -2.31. The molecule has 0 aromatic heterocycles. The monoisotopic (exact) mass is 438 g/mol. The van der Waals surface area contributed by atoms with Gasteiger partial charge in [0.2, 0.25) is 0 Å². The maximum Gasteiger partial charge on any atom is 0.337 e. The Morgan fingerprint density at radius 2 is 2.05 bits per heavy atom. The van der Waals surface area contributed by atoms with Crippen LogP contribution in [-0.4, -0.2) is 35.2 Å². The average molecular weight is 440 g/mol. The molecule has 1 unspecified atom stereocenters.